The molecular weight excluding hydrogens is 222 g/mol. The maximum absolute atomic E-state index is 11.4. The first-order valence-corrected chi connectivity index (χ1v) is 7.31. The first-order chi connectivity index (χ1) is 7.49. The Morgan fingerprint density at radius 2 is 2.00 bits per heavy atom. The third-order valence-corrected chi connectivity index (χ3v) is 4.97. The van der Waals surface area contributed by atoms with Crippen LogP contribution in [-0.4, -0.2) is 25.5 Å². The molecule has 1 aromatic carbocycles. The highest BCUT2D eigenvalue weighted by molar-refractivity contribution is 7.91. The molecule has 1 saturated heterocycles. The van der Waals surface area contributed by atoms with Crippen molar-refractivity contribution in [2.75, 3.05) is 11.5 Å². The van der Waals surface area contributed by atoms with Crippen molar-refractivity contribution in [3.63, 3.8) is 0 Å². The van der Waals surface area contributed by atoms with Crippen molar-refractivity contribution in [3.8, 4) is 0 Å². The number of rotatable bonds is 3. The van der Waals surface area contributed by atoms with E-state index in [4.69, 9.17) is 0 Å². The van der Waals surface area contributed by atoms with Crippen molar-refractivity contribution in [1.82, 2.24) is 5.32 Å². The van der Waals surface area contributed by atoms with Crippen molar-refractivity contribution < 1.29 is 8.42 Å². The third kappa shape index (κ3) is 2.83. The van der Waals surface area contributed by atoms with Gasteiger partial charge < -0.3 is 5.32 Å². The zero-order chi connectivity index (χ0) is 11.6. The molecule has 1 N–H and O–H groups in total. The fourth-order valence-corrected chi connectivity index (χ4v) is 4.18. The predicted octanol–water partition coefficient (Wildman–Crippen LogP) is 1.35. The minimum atomic E-state index is -2.82. The molecular formula is C12H17NO2S. The van der Waals surface area contributed by atoms with E-state index in [0.29, 0.717) is 12.2 Å². The summed E-state index contributed by atoms with van der Waals surface area (Å²) >= 11 is 0. The fourth-order valence-electron chi connectivity index (χ4n) is 2.06. The SMILES string of the molecule is CC1(NCc2ccccc2)CCS(=O)(=O)C1. The monoisotopic (exact) mass is 239 g/mol. The van der Waals surface area contributed by atoms with E-state index >= 15 is 0 Å². The van der Waals surface area contributed by atoms with E-state index < -0.39 is 9.84 Å². The molecule has 0 bridgehead atoms. The summed E-state index contributed by atoms with van der Waals surface area (Å²) in [5, 5.41) is 3.35. The Balaban J connectivity index is 1.96. The van der Waals surface area contributed by atoms with E-state index in [-0.39, 0.29) is 11.3 Å². The molecule has 16 heavy (non-hydrogen) atoms. The Hall–Kier alpha value is -0.870. The number of nitrogens with one attached hydrogen (secondary N) is 1. The molecule has 0 radical (unpaired) electrons. The van der Waals surface area contributed by atoms with Crippen molar-refractivity contribution in [2.24, 2.45) is 0 Å². The number of sulfone groups is 1. The molecule has 0 saturated carbocycles. The van der Waals surface area contributed by atoms with Gasteiger partial charge in [0, 0.05) is 12.1 Å². The smallest absolute Gasteiger partial charge is 0.152 e. The van der Waals surface area contributed by atoms with Crippen molar-refractivity contribution in [1.29, 1.82) is 0 Å². The molecule has 2 rings (SSSR count). The minimum Gasteiger partial charge on any atom is -0.306 e. The predicted molar refractivity (Wildman–Crippen MR) is 65.0 cm³/mol. The van der Waals surface area contributed by atoms with Crippen LogP contribution in [-0.2, 0) is 16.4 Å². The van der Waals surface area contributed by atoms with E-state index in [1.165, 1.54) is 5.56 Å². The van der Waals surface area contributed by atoms with Gasteiger partial charge in [0.05, 0.1) is 11.5 Å². The van der Waals surface area contributed by atoms with E-state index in [1.54, 1.807) is 0 Å². The first kappa shape index (κ1) is 11.6. The summed E-state index contributed by atoms with van der Waals surface area (Å²) in [4.78, 5) is 0. The highest BCUT2D eigenvalue weighted by Crippen LogP contribution is 2.23. The van der Waals surface area contributed by atoms with Crippen LogP contribution in [0.25, 0.3) is 0 Å². The van der Waals surface area contributed by atoms with Crippen LogP contribution in [0.4, 0.5) is 0 Å². The molecule has 1 atom stereocenters. The van der Waals surface area contributed by atoms with Crippen LogP contribution in [0.15, 0.2) is 30.3 Å². The number of hydrogen-bond acceptors (Lipinski definition) is 3. The first-order valence-electron chi connectivity index (χ1n) is 5.49. The summed E-state index contributed by atoms with van der Waals surface area (Å²) < 4.78 is 22.8. The molecule has 1 heterocycles. The summed E-state index contributed by atoms with van der Waals surface area (Å²) in [5.41, 5.74) is 0.933. The second-order valence-corrected chi connectivity index (χ2v) is 6.93. The second-order valence-electron chi connectivity index (χ2n) is 4.74. The van der Waals surface area contributed by atoms with Gasteiger partial charge in [-0.2, -0.15) is 0 Å². The highest BCUT2D eigenvalue weighted by atomic mass is 32.2. The summed E-state index contributed by atoms with van der Waals surface area (Å²) in [6, 6.07) is 10.0. The molecule has 0 amide bonds. The lowest BCUT2D eigenvalue weighted by Crippen LogP contribution is -2.42. The van der Waals surface area contributed by atoms with E-state index in [1.807, 2.05) is 37.3 Å². The lowest BCUT2D eigenvalue weighted by atomic mass is 10.0. The van der Waals surface area contributed by atoms with Crippen molar-refractivity contribution in [3.05, 3.63) is 35.9 Å². The zero-order valence-electron chi connectivity index (χ0n) is 9.44. The summed E-state index contributed by atoms with van der Waals surface area (Å²) in [6.07, 6.45) is 0.710. The van der Waals surface area contributed by atoms with Crippen LogP contribution in [0.2, 0.25) is 0 Å². The average Bonchev–Trinajstić information content (AvgIpc) is 2.53. The summed E-state index contributed by atoms with van der Waals surface area (Å²) in [5.74, 6) is 0.568. The van der Waals surface area contributed by atoms with Gasteiger partial charge in [-0.1, -0.05) is 30.3 Å². The summed E-state index contributed by atoms with van der Waals surface area (Å²) in [6.45, 7) is 2.72. The Bertz CT molecular complexity index is 455. The normalized spacial score (nSPS) is 28.1. The van der Waals surface area contributed by atoms with E-state index in [2.05, 4.69) is 5.32 Å². The topological polar surface area (TPSA) is 46.2 Å². The zero-order valence-corrected chi connectivity index (χ0v) is 10.3. The van der Waals surface area contributed by atoms with Crippen molar-refractivity contribution in [2.45, 2.75) is 25.4 Å². The van der Waals surface area contributed by atoms with Gasteiger partial charge >= 0.3 is 0 Å². The Morgan fingerprint density at radius 3 is 2.56 bits per heavy atom. The Labute approximate surface area is 96.8 Å². The van der Waals surface area contributed by atoms with Gasteiger partial charge in [-0.05, 0) is 18.9 Å². The van der Waals surface area contributed by atoms with Gasteiger partial charge in [-0.25, -0.2) is 8.42 Å². The lowest BCUT2D eigenvalue weighted by molar-refractivity contribution is 0.395. The molecule has 1 fully saturated rings. The maximum atomic E-state index is 11.4. The van der Waals surface area contributed by atoms with Gasteiger partial charge in [-0.3, -0.25) is 0 Å². The Kier molecular flexibility index (Phi) is 3.04. The molecule has 88 valence electrons. The van der Waals surface area contributed by atoms with E-state index in [0.717, 1.165) is 6.54 Å². The molecule has 0 spiro atoms. The molecule has 1 aliphatic rings. The lowest BCUT2D eigenvalue weighted by Gasteiger charge is -2.23. The standard InChI is InChI=1S/C12H17NO2S/c1-12(7-8-16(14,15)10-12)13-9-11-5-3-2-4-6-11/h2-6,13H,7-10H2,1H3. The van der Waals surface area contributed by atoms with Gasteiger partial charge in [0.1, 0.15) is 0 Å². The minimum absolute atomic E-state index is 0.255. The molecule has 1 unspecified atom stereocenters. The number of benzene rings is 1. The van der Waals surface area contributed by atoms with Crippen LogP contribution in [0.3, 0.4) is 0 Å². The van der Waals surface area contributed by atoms with Crippen LogP contribution in [0.5, 0.6) is 0 Å². The molecule has 0 aliphatic carbocycles. The molecule has 0 aromatic heterocycles. The molecule has 4 heteroatoms. The van der Waals surface area contributed by atoms with Crippen molar-refractivity contribution >= 4 is 9.84 Å². The van der Waals surface area contributed by atoms with Gasteiger partial charge in [0.25, 0.3) is 0 Å². The van der Waals surface area contributed by atoms with Crippen LogP contribution >= 0.6 is 0 Å². The molecule has 1 aromatic rings. The average molecular weight is 239 g/mol. The van der Waals surface area contributed by atoms with E-state index in [9.17, 15) is 8.42 Å². The third-order valence-electron chi connectivity index (χ3n) is 3.07. The maximum Gasteiger partial charge on any atom is 0.152 e. The quantitative estimate of drug-likeness (QED) is 0.866. The summed E-state index contributed by atoms with van der Waals surface area (Å²) in [7, 11) is -2.82. The Morgan fingerprint density at radius 1 is 1.31 bits per heavy atom. The van der Waals surface area contributed by atoms with Crippen LogP contribution in [0.1, 0.15) is 18.9 Å². The second kappa shape index (κ2) is 4.18. The van der Waals surface area contributed by atoms with Gasteiger partial charge in [-0.15, -0.1) is 0 Å². The highest BCUT2D eigenvalue weighted by Gasteiger charge is 2.37. The molecule has 3 nitrogen and oxygen atoms in total. The largest absolute Gasteiger partial charge is 0.306 e. The van der Waals surface area contributed by atoms with Crippen LogP contribution < -0.4 is 5.32 Å². The molecule has 1 aliphatic heterocycles. The fraction of sp³-hybridized carbons (Fsp3) is 0.500. The number of hydrogen-bond donors (Lipinski definition) is 1. The van der Waals surface area contributed by atoms with Gasteiger partial charge in [0.15, 0.2) is 9.84 Å². The van der Waals surface area contributed by atoms with Gasteiger partial charge in [0.2, 0.25) is 0 Å². The van der Waals surface area contributed by atoms with Crippen LogP contribution in [0, 0.1) is 0 Å².